The van der Waals surface area contributed by atoms with Crippen molar-refractivity contribution >= 4 is 24.0 Å². The van der Waals surface area contributed by atoms with Gasteiger partial charge in [-0.25, -0.2) is 0 Å². The Morgan fingerprint density at radius 2 is 1.68 bits per heavy atom. The predicted octanol–water partition coefficient (Wildman–Crippen LogP) is 3.71. The number of benzene rings is 2. The molecule has 0 unspecified atom stereocenters. The molecule has 0 atom stereocenters. The third kappa shape index (κ3) is 4.25. The van der Waals surface area contributed by atoms with E-state index in [-0.39, 0.29) is 23.7 Å². The van der Waals surface area contributed by atoms with Gasteiger partial charge in [0.1, 0.15) is 0 Å². The van der Waals surface area contributed by atoms with E-state index in [1.807, 2.05) is 12.1 Å². The molecule has 2 aromatic rings. The molecule has 0 bridgehead atoms. The maximum absolute atomic E-state index is 12.2. The van der Waals surface area contributed by atoms with Gasteiger partial charge in [-0.1, -0.05) is 55.8 Å². The summed E-state index contributed by atoms with van der Waals surface area (Å²) in [7, 11) is 0. The van der Waals surface area contributed by atoms with E-state index in [9.17, 15) is 4.79 Å². The summed E-state index contributed by atoms with van der Waals surface area (Å²) in [4.78, 5) is 12.2. The van der Waals surface area contributed by atoms with Crippen molar-refractivity contribution in [3.8, 4) is 0 Å². The molecule has 3 nitrogen and oxygen atoms in total. The van der Waals surface area contributed by atoms with Gasteiger partial charge in [0.05, 0.1) is 5.56 Å². The van der Waals surface area contributed by atoms with Crippen molar-refractivity contribution in [2.75, 3.05) is 12.3 Å². The van der Waals surface area contributed by atoms with Gasteiger partial charge >= 0.3 is 0 Å². The molecule has 0 aliphatic rings. The molecule has 22 heavy (non-hydrogen) atoms. The Labute approximate surface area is 138 Å². The minimum Gasteiger partial charge on any atom is -0.398 e. The van der Waals surface area contributed by atoms with Gasteiger partial charge in [-0.15, -0.1) is 12.4 Å². The summed E-state index contributed by atoms with van der Waals surface area (Å²) >= 11 is 0. The number of para-hydroxylation sites is 1. The molecular weight excluding hydrogens is 296 g/mol. The van der Waals surface area contributed by atoms with E-state index in [4.69, 9.17) is 5.73 Å². The SMILES string of the molecule is Cc1ccc(C(C)(C)CNC(=O)c2ccccc2N)cc1.Cl. The van der Waals surface area contributed by atoms with Gasteiger partial charge in [-0.3, -0.25) is 4.79 Å². The second-order valence-corrected chi connectivity index (χ2v) is 6.02. The van der Waals surface area contributed by atoms with Crippen LogP contribution in [-0.2, 0) is 5.41 Å². The number of rotatable bonds is 4. The lowest BCUT2D eigenvalue weighted by Crippen LogP contribution is -2.36. The molecule has 3 N–H and O–H groups in total. The van der Waals surface area contributed by atoms with Crippen molar-refractivity contribution in [2.24, 2.45) is 0 Å². The monoisotopic (exact) mass is 318 g/mol. The van der Waals surface area contributed by atoms with E-state index in [1.165, 1.54) is 11.1 Å². The van der Waals surface area contributed by atoms with Crippen molar-refractivity contribution < 1.29 is 4.79 Å². The summed E-state index contributed by atoms with van der Waals surface area (Å²) in [6.45, 7) is 6.86. The number of anilines is 1. The highest BCUT2D eigenvalue weighted by molar-refractivity contribution is 5.99. The number of amides is 1. The molecule has 0 fully saturated rings. The molecule has 0 spiro atoms. The molecule has 0 saturated carbocycles. The highest BCUT2D eigenvalue weighted by Gasteiger charge is 2.22. The van der Waals surface area contributed by atoms with Crippen LogP contribution in [0.1, 0.15) is 35.3 Å². The first kappa shape index (κ1) is 18.1. The average Bonchev–Trinajstić information content (AvgIpc) is 2.46. The van der Waals surface area contributed by atoms with Crippen molar-refractivity contribution in [3.63, 3.8) is 0 Å². The van der Waals surface area contributed by atoms with Crippen LogP contribution >= 0.6 is 12.4 Å². The summed E-state index contributed by atoms with van der Waals surface area (Å²) in [5.41, 5.74) is 9.16. The van der Waals surface area contributed by atoms with Gasteiger partial charge in [-0.2, -0.15) is 0 Å². The van der Waals surface area contributed by atoms with Gasteiger partial charge in [0.2, 0.25) is 0 Å². The van der Waals surface area contributed by atoms with Crippen molar-refractivity contribution in [2.45, 2.75) is 26.2 Å². The Morgan fingerprint density at radius 1 is 1.09 bits per heavy atom. The number of hydrogen-bond donors (Lipinski definition) is 2. The maximum atomic E-state index is 12.2. The minimum atomic E-state index is -0.132. The second-order valence-electron chi connectivity index (χ2n) is 6.02. The number of nitrogens with two attached hydrogens (primary N) is 1. The topological polar surface area (TPSA) is 55.1 Å². The van der Waals surface area contributed by atoms with Crippen LogP contribution < -0.4 is 11.1 Å². The van der Waals surface area contributed by atoms with Gasteiger partial charge < -0.3 is 11.1 Å². The summed E-state index contributed by atoms with van der Waals surface area (Å²) in [5, 5.41) is 2.97. The third-order valence-corrected chi connectivity index (χ3v) is 3.73. The van der Waals surface area contributed by atoms with Crippen molar-refractivity contribution in [1.29, 1.82) is 0 Å². The Bertz CT molecular complexity index is 636. The Balaban J connectivity index is 0.00000242. The average molecular weight is 319 g/mol. The van der Waals surface area contributed by atoms with E-state index < -0.39 is 0 Å². The lowest BCUT2D eigenvalue weighted by atomic mass is 9.84. The number of carbonyl (C=O) groups excluding carboxylic acids is 1. The van der Waals surface area contributed by atoms with E-state index in [0.717, 1.165) is 0 Å². The van der Waals surface area contributed by atoms with Crippen molar-refractivity contribution in [3.05, 3.63) is 65.2 Å². The number of aryl methyl sites for hydroxylation is 1. The molecule has 2 rings (SSSR count). The van der Waals surface area contributed by atoms with Crippen LogP contribution in [0.5, 0.6) is 0 Å². The lowest BCUT2D eigenvalue weighted by Gasteiger charge is -2.26. The standard InChI is InChI=1S/C18H22N2O.ClH/c1-13-8-10-14(11-9-13)18(2,3)12-20-17(21)15-6-4-5-7-16(15)19;/h4-11H,12,19H2,1-3H3,(H,20,21);1H. The zero-order valence-electron chi connectivity index (χ0n) is 13.2. The number of halogens is 1. The molecule has 2 aromatic carbocycles. The smallest absolute Gasteiger partial charge is 0.253 e. The van der Waals surface area contributed by atoms with Gasteiger partial charge in [0, 0.05) is 17.6 Å². The zero-order valence-corrected chi connectivity index (χ0v) is 14.0. The Kier molecular flexibility index (Phi) is 6.01. The molecule has 0 aliphatic carbocycles. The zero-order chi connectivity index (χ0) is 15.5. The first-order valence-corrected chi connectivity index (χ1v) is 7.10. The van der Waals surface area contributed by atoms with E-state index in [1.54, 1.807) is 12.1 Å². The fraction of sp³-hybridized carbons (Fsp3) is 0.278. The summed E-state index contributed by atoms with van der Waals surface area (Å²) in [6, 6.07) is 15.5. The highest BCUT2D eigenvalue weighted by atomic mass is 35.5. The Hall–Kier alpha value is -2.00. The largest absolute Gasteiger partial charge is 0.398 e. The first-order valence-electron chi connectivity index (χ1n) is 7.10. The van der Waals surface area contributed by atoms with Crippen LogP contribution in [0.15, 0.2) is 48.5 Å². The van der Waals surface area contributed by atoms with Gasteiger partial charge in [0.15, 0.2) is 0 Å². The van der Waals surface area contributed by atoms with Crippen LogP contribution in [0, 0.1) is 6.92 Å². The number of carbonyl (C=O) groups is 1. The molecule has 0 aromatic heterocycles. The molecule has 1 amide bonds. The number of nitrogen functional groups attached to an aromatic ring is 1. The van der Waals surface area contributed by atoms with Crippen molar-refractivity contribution in [1.82, 2.24) is 5.32 Å². The summed E-state index contributed by atoms with van der Waals surface area (Å²) < 4.78 is 0. The summed E-state index contributed by atoms with van der Waals surface area (Å²) in [6.07, 6.45) is 0. The van der Waals surface area contributed by atoms with Crippen LogP contribution in [0.3, 0.4) is 0 Å². The van der Waals surface area contributed by atoms with E-state index in [2.05, 4.69) is 50.4 Å². The van der Waals surface area contributed by atoms with Crippen LogP contribution in [0.4, 0.5) is 5.69 Å². The quantitative estimate of drug-likeness (QED) is 0.844. The molecule has 0 saturated heterocycles. The number of nitrogens with one attached hydrogen (secondary N) is 1. The molecular formula is C18H23ClN2O. The van der Waals surface area contributed by atoms with E-state index >= 15 is 0 Å². The summed E-state index contributed by atoms with van der Waals surface area (Å²) in [5.74, 6) is -0.131. The van der Waals surface area contributed by atoms with Crippen LogP contribution in [-0.4, -0.2) is 12.5 Å². The minimum absolute atomic E-state index is 0. The fourth-order valence-electron chi connectivity index (χ4n) is 2.21. The third-order valence-electron chi connectivity index (χ3n) is 3.73. The first-order chi connectivity index (χ1) is 9.90. The van der Waals surface area contributed by atoms with Gasteiger partial charge in [-0.05, 0) is 24.6 Å². The molecule has 0 heterocycles. The number of hydrogen-bond acceptors (Lipinski definition) is 2. The maximum Gasteiger partial charge on any atom is 0.253 e. The van der Waals surface area contributed by atoms with Crippen LogP contribution in [0.25, 0.3) is 0 Å². The Morgan fingerprint density at radius 3 is 2.27 bits per heavy atom. The molecule has 118 valence electrons. The van der Waals surface area contributed by atoms with Gasteiger partial charge in [0.25, 0.3) is 5.91 Å². The molecule has 0 radical (unpaired) electrons. The lowest BCUT2D eigenvalue weighted by molar-refractivity contribution is 0.0946. The normalized spacial score (nSPS) is 10.7. The molecule has 0 aliphatic heterocycles. The molecule has 4 heteroatoms. The fourth-order valence-corrected chi connectivity index (χ4v) is 2.21. The van der Waals surface area contributed by atoms with Crippen LogP contribution in [0.2, 0.25) is 0 Å². The highest BCUT2D eigenvalue weighted by Crippen LogP contribution is 2.23. The van der Waals surface area contributed by atoms with E-state index in [0.29, 0.717) is 17.8 Å². The predicted molar refractivity (Wildman–Crippen MR) is 94.6 cm³/mol. The second kappa shape index (κ2) is 7.32.